The number of anilines is 1. The Hall–Kier alpha value is -3.75. The lowest BCUT2D eigenvalue weighted by molar-refractivity contribution is 0.102. The number of ketones is 1. The quantitative estimate of drug-likeness (QED) is 0.367. The highest BCUT2D eigenvalue weighted by Gasteiger charge is 2.27. The Bertz CT molecular complexity index is 1340. The van der Waals surface area contributed by atoms with Crippen LogP contribution in [0.25, 0.3) is 6.08 Å². The molecule has 3 aromatic carbocycles. The van der Waals surface area contributed by atoms with E-state index in [0.29, 0.717) is 35.7 Å². The van der Waals surface area contributed by atoms with Crippen molar-refractivity contribution >= 4 is 33.5 Å². The summed E-state index contributed by atoms with van der Waals surface area (Å²) in [7, 11) is -1.95. The fraction of sp³-hybridized carbons (Fsp3) is 0.185. The average molecular weight is 491 g/mol. The third kappa shape index (κ3) is 5.85. The van der Waals surface area contributed by atoms with E-state index in [1.165, 1.54) is 34.6 Å². The van der Waals surface area contributed by atoms with Gasteiger partial charge in [0, 0.05) is 29.9 Å². The van der Waals surface area contributed by atoms with E-state index in [0.717, 1.165) is 18.4 Å². The van der Waals surface area contributed by atoms with Crippen molar-refractivity contribution in [3.05, 3.63) is 95.6 Å². The Morgan fingerprint density at radius 2 is 1.57 bits per heavy atom. The second-order valence-corrected chi connectivity index (χ2v) is 10.1. The topological polar surface area (TPSA) is 92.8 Å². The Balaban J connectivity index is 1.41. The van der Waals surface area contributed by atoms with Gasteiger partial charge in [0.05, 0.1) is 12.0 Å². The molecule has 35 heavy (non-hydrogen) atoms. The van der Waals surface area contributed by atoms with E-state index in [2.05, 4.69) is 5.32 Å². The van der Waals surface area contributed by atoms with Crippen molar-refractivity contribution in [2.45, 2.75) is 17.7 Å². The first-order valence-corrected chi connectivity index (χ1v) is 12.7. The maximum Gasteiger partial charge on any atom is 0.255 e. The number of nitrogens with zero attached hydrogens (tertiary/aromatic N) is 1. The number of hydrogen-bond donors (Lipinski definition) is 1. The molecular weight excluding hydrogens is 464 g/mol. The Morgan fingerprint density at radius 3 is 2.23 bits per heavy atom. The Kier molecular flexibility index (Phi) is 7.43. The summed E-state index contributed by atoms with van der Waals surface area (Å²) in [6, 6.07) is 19.9. The van der Waals surface area contributed by atoms with Crippen LogP contribution in [0.4, 0.5) is 5.69 Å². The molecule has 1 N–H and O–H groups in total. The monoisotopic (exact) mass is 490 g/mol. The molecule has 0 radical (unpaired) electrons. The summed E-state index contributed by atoms with van der Waals surface area (Å²) in [6.07, 6.45) is 4.81. The largest absolute Gasteiger partial charge is 0.497 e. The number of methoxy groups -OCH3 is 1. The number of benzene rings is 3. The molecule has 0 aromatic heterocycles. The molecule has 1 saturated heterocycles. The van der Waals surface area contributed by atoms with Gasteiger partial charge in [0.25, 0.3) is 5.91 Å². The van der Waals surface area contributed by atoms with E-state index in [1.54, 1.807) is 55.7 Å². The van der Waals surface area contributed by atoms with Gasteiger partial charge >= 0.3 is 0 Å². The molecule has 1 heterocycles. The van der Waals surface area contributed by atoms with Crippen LogP contribution in [-0.2, 0) is 10.0 Å². The summed E-state index contributed by atoms with van der Waals surface area (Å²) in [5, 5.41) is 2.84. The SMILES string of the molecule is COc1ccc(C(=O)Nc2cccc(/C=C/C(=O)c3ccc(S(=O)(=O)N4CCCC4)cc3)c2)cc1. The van der Waals surface area contributed by atoms with Gasteiger partial charge in [-0.2, -0.15) is 4.31 Å². The highest BCUT2D eigenvalue weighted by molar-refractivity contribution is 7.89. The number of ether oxygens (including phenoxy) is 1. The minimum absolute atomic E-state index is 0.195. The first-order chi connectivity index (χ1) is 16.9. The summed E-state index contributed by atoms with van der Waals surface area (Å²) < 4.78 is 31.9. The van der Waals surface area contributed by atoms with Crippen molar-refractivity contribution < 1.29 is 22.7 Å². The van der Waals surface area contributed by atoms with Crippen LogP contribution in [0.3, 0.4) is 0 Å². The van der Waals surface area contributed by atoms with Gasteiger partial charge in [-0.3, -0.25) is 9.59 Å². The third-order valence-corrected chi connectivity index (χ3v) is 7.68. The first-order valence-electron chi connectivity index (χ1n) is 11.2. The zero-order valence-corrected chi connectivity index (χ0v) is 20.1. The number of allylic oxidation sites excluding steroid dienone is 1. The molecule has 0 atom stereocenters. The molecule has 8 heteroatoms. The van der Waals surface area contributed by atoms with Crippen molar-refractivity contribution in [3.63, 3.8) is 0 Å². The maximum absolute atomic E-state index is 12.6. The lowest BCUT2D eigenvalue weighted by Crippen LogP contribution is -2.27. The molecule has 0 unspecified atom stereocenters. The molecular formula is C27H26N2O5S. The van der Waals surface area contributed by atoms with Gasteiger partial charge in [-0.05, 0) is 85.1 Å². The Morgan fingerprint density at radius 1 is 0.914 bits per heavy atom. The smallest absolute Gasteiger partial charge is 0.255 e. The summed E-state index contributed by atoms with van der Waals surface area (Å²) in [4.78, 5) is 25.3. The van der Waals surface area contributed by atoms with Gasteiger partial charge in [-0.25, -0.2) is 8.42 Å². The van der Waals surface area contributed by atoms with Crippen molar-refractivity contribution in [1.82, 2.24) is 4.31 Å². The van der Waals surface area contributed by atoms with Crippen LogP contribution < -0.4 is 10.1 Å². The highest BCUT2D eigenvalue weighted by atomic mass is 32.2. The molecule has 0 bridgehead atoms. The minimum atomic E-state index is -3.51. The molecule has 3 aromatic rings. The van der Waals surface area contributed by atoms with Crippen molar-refractivity contribution in [3.8, 4) is 5.75 Å². The van der Waals surface area contributed by atoms with Gasteiger partial charge in [0.2, 0.25) is 10.0 Å². The maximum atomic E-state index is 12.6. The van der Waals surface area contributed by atoms with Gasteiger partial charge in [-0.1, -0.05) is 18.2 Å². The van der Waals surface area contributed by atoms with Crippen LogP contribution in [0, 0.1) is 0 Å². The predicted molar refractivity (Wildman–Crippen MR) is 135 cm³/mol. The lowest BCUT2D eigenvalue weighted by Gasteiger charge is -2.15. The van der Waals surface area contributed by atoms with Crippen LogP contribution in [0.1, 0.15) is 39.1 Å². The minimum Gasteiger partial charge on any atom is -0.497 e. The molecule has 0 spiro atoms. The van der Waals surface area contributed by atoms with Crippen LogP contribution in [-0.4, -0.2) is 44.6 Å². The fourth-order valence-electron chi connectivity index (χ4n) is 3.80. The Labute approximate surface area is 205 Å². The molecule has 1 aliphatic rings. The van der Waals surface area contributed by atoms with E-state index >= 15 is 0 Å². The molecule has 7 nitrogen and oxygen atoms in total. The van der Waals surface area contributed by atoms with Crippen molar-refractivity contribution in [2.75, 3.05) is 25.5 Å². The second kappa shape index (κ2) is 10.7. The molecule has 4 rings (SSSR count). The average Bonchev–Trinajstić information content (AvgIpc) is 3.44. The van der Waals surface area contributed by atoms with Gasteiger partial charge < -0.3 is 10.1 Å². The number of rotatable bonds is 8. The van der Waals surface area contributed by atoms with Crippen molar-refractivity contribution in [2.24, 2.45) is 0 Å². The van der Waals surface area contributed by atoms with Gasteiger partial charge in [0.15, 0.2) is 5.78 Å². The number of nitrogens with one attached hydrogen (secondary N) is 1. The van der Waals surface area contributed by atoms with E-state index in [-0.39, 0.29) is 16.6 Å². The van der Waals surface area contributed by atoms with Gasteiger partial charge in [0.1, 0.15) is 5.75 Å². The van der Waals surface area contributed by atoms with E-state index in [4.69, 9.17) is 4.74 Å². The summed E-state index contributed by atoms with van der Waals surface area (Å²) >= 11 is 0. The number of sulfonamides is 1. The lowest BCUT2D eigenvalue weighted by atomic mass is 10.1. The number of amides is 1. The third-order valence-electron chi connectivity index (χ3n) is 5.77. The first kappa shape index (κ1) is 24.4. The fourth-order valence-corrected chi connectivity index (χ4v) is 5.32. The standard InChI is InChI=1S/C27H26N2O5S/c1-34-24-12-8-22(9-13-24)27(31)28-23-6-4-5-20(19-23)7-16-26(30)21-10-14-25(15-11-21)35(32,33)29-17-2-3-18-29/h4-16,19H,2-3,17-18H2,1H3,(H,28,31)/b16-7+. The molecule has 180 valence electrons. The molecule has 0 aliphatic carbocycles. The van der Waals surface area contributed by atoms with Gasteiger partial charge in [-0.15, -0.1) is 0 Å². The summed E-state index contributed by atoms with van der Waals surface area (Å²) in [6.45, 7) is 1.07. The zero-order valence-electron chi connectivity index (χ0n) is 19.3. The van der Waals surface area contributed by atoms with Crippen LogP contribution >= 0.6 is 0 Å². The summed E-state index contributed by atoms with van der Waals surface area (Å²) in [5.74, 6) is 0.165. The number of carbonyl (C=O) groups is 2. The second-order valence-electron chi connectivity index (χ2n) is 8.14. The molecule has 0 saturated carbocycles. The van der Waals surface area contributed by atoms with E-state index < -0.39 is 10.0 Å². The number of hydrogen-bond acceptors (Lipinski definition) is 5. The summed E-state index contributed by atoms with van der Waals surface area (Å²) in [5.41, 5.74) is 2.22. The van der Waals surface area contributed by atoms with Crippen LogP contribution in [0.15, 0.2) is 83.8 Å². The molecule has 1 aliphatic heterocycles. The van der Waals surface area contributed by atoms with Crippen molar-refractivity contribution in [1.29, 1.82) is 0 Å². The van der Waals surface area contributed by atoms with E-state index in [9.17, 15) is 18.0 Å². The predicted octanol–water partition coefficient (Wildman–Crippen LogP) is 4.63. The van der Waals surface area contributed by atoms with E-state index in [1.807, 2.05) is 6.07 Å². The van der Waals surface area contributed by atoms with Crippen LogP contribution in [0.2, 0.25) is 0 Å². The molecule has 1 amide bonds. The highest BCUT2D eigenvalue weighted by Crippen LogP contribution is 2.21. The number of carbonyl (C=O) groups excluding carboxylic acids is 2. The molecule has 1 fully saturated rings. The van der Waals surface area contributed by atoms with Crippen LogP contribution in [0.5, 0.6) is 5.75 Å². The normalized spacial score (nSPS) is 14.2. The zero-order chi connectivity index (χ0) is 24.8.